The Bertz CT molecular complexity index is 383. The van der Waals surface area contributed by atoms with E-state index >= 15 is 0 Å². The second kappa shape index (κ2) is 8.93. The number of hydrogen-bond acceptors (Lipinski definition) is 5. The molecule has 2 heterocycles. The number of nitrogens with zero attached hydrogens (tertiary/aromatic N) is 3. The topological polar surface area (TPSA) is 48.8 Å². The van der Waals surface area contributed by atoms with Gasteiger partial charge < -0.3 is 14.2 Å². The lowest BCUT2D eigenvalue weighted by molar-refractivity contribution is -0.0315. The Labute approximate surface area is 133 Å². The minimum absolute atomic E-state index is 0.124. The summed E-state index contributed by atoms with van der Waals surface area (Å²) < 4.78 is 19.3. The summed E-state index contributed by atoms with van der Waals surface area (Å²) >= 11 is 2.22. The van der Waals surface area contributed by atoms with Crippen LogP contribution in [0.1, 0.15) is 0 Å². The maximum absolute atomic E-state index is 5.93. The van der Waals surface area contributed by atoms with Gasteiger partial charge in [0.05, 0.1) is 39.1 Å². The normalized spacial score (nSPS) is 18.3. The number of rotatable bonds is 8. The molecule has 0 amide bonds. The summed E-state index contributed by atoms with van der Waals surface area (Å²) in [4.78, 5) is 2.38. The molecule has 0 aliphatic carbocycles. The molecule has 0 N–H and O–H groups in total. The van der Waals surface area contributed by atoms with Crippen LogP contribution in [0.5, 0.6) is 0 Å². The van der Waals surface area contributed by atoms with Gasteiger partial charge in [-0.3, -0.25) is 9.58 Å². The molecule has 114 valence electrons. The predicted octanol–water partition coefficient (Wildman–Crippen LogP) is 0.852. The van der Waals surface area contributed by atoms with Crippen LogP contribution in [-0.2, 0) is 20.8 Å². The van der Waals surface area contributed by atoms with Crippen LogP contribution >= 0.6 is 22.6 Å². The van der Waals surface area contributed by atoms with Crippen molar-refractivity contribution in [2.45, 2.75) is 12.6 Å². The van der Waals surface area contributed by atoms with E-state index in [4.69, 9.17) is 14.2 Å². The Morgan fingerprint density at radius 1 is 1.35 bits per heavy atom. The zero-order valence-corrected chi connectivity index (χ0v) is 14.0. The molecule has 1 fully saturated rings. The summed E-state index contributed by atoms with van der Waals surface area (Å²) in [5.41, 5.74) is 0. The van der Waals surface area contributed by atoms with Crippen LogP contribution < -0.4 is 0 Å². The van der Waals surface area contributed by atoms with Gasteiger partial charge in [0.15, 0.2) is 0 Å². The van der Waals surface area contributed by atoms with Crippen molar-refractivity contribution in [3.63, 3.8) is 0 Å². The molecule has 0 spiro atoms. The molecule has 0 aromatic carbocycles. The van der Waals surface area contributed by atoms with E-state index in [2.05, 4.69) is 32.6 Å². The molecule has 2 rings (SSSR count). The summed E-state index contributed by atoms with van der Waals surface area (Å²) in [5.74, 6) is 0. The minimum atomic E-state index is 0.124. The molecule has 0 saturated carbocycles. The van der Waals surface area contributed by atoms with Crippen molar-refractivity contribution >= 4 is 22.6 Å². The molecule has 1 saturated heterocycles. The Balaban J connectivity index is 1.85. The predicted molar refractivity (Wildman–Crippen MR) is 83.8 cm³/mol. The van der Waals surface area contributed by atoms with Crippen LogP contribution in [0.25, 0.3) is 0 Å². The van der Waals surface area contributed by atoms with Gasteiger partial charge in [-0.25, -0.2) is 0 Å². The van der Waals surface area contributed by atoms with Crippen molar-refractivity contribution in [2.75, 3.05) is 53.2 Å². The van der Waals surface area contributed by atoms with Crippen molar-refractivity contribution in [2.24, 2.45) is 0 Å². The lowest BCUT2D eigenvalue weighted by Crippen LogP contribution is -2.43. The van der Waals surface area contributed by atoms with E-state index in [9.17, 15) is 0 Å². The monoisotopic (exact) mass is 395 g/mol. The number of morpholine rings is 1. The molecule has 0 bridgehead atoms. The average Bonchev–Trinajstić information content (AvgIpc) is 2.85. The standard InChI is InChI=1S/C13H22IN3O3/c1-18-8-9-20-12(10-16-4-6-19-7-5-16)11-17-3-2-13(14)15-17/h2-3,12H,4-11H2,1H3. The third kappa shape index (κ3) is 5.65. The fourth-order valence-corrected chi connectivity index (χ4v) is 2.62. The van der Waals surface area contributed by atoms with Crippen LogP contribution in [0.15, 0.2) is 12.3 Å². The van der Waals surface area contributed by atoms with Gasteiger partial charge in [-0.2, -0.15) is 5.10 Å². The Kier molecular flexibility index (Phi) is 7.22. The second-order valence-corrected chi connectivity index (χ2v) is 5.86. The van der Waals surface area contributed by atoms with Crippen LogP contribution in [0.3, 0.4) is 0 Å². The molecule has 1 aromatic rings. The molecule has 1 aromatic heterocycles. The molecule has 0 radical (unpaired) electrons. The highest BCUT2D eigenvalue weighted by Gasteiger charge is 2.18. The van der Waals surface area contributed by atoms with Crippen molar-refractivity contribution in [1.29, 1.82) is 0 Å². The molecular formula is C13H22IN3O3. The fraction of sp³-hybridized carbons (Fsp3) is 0.769. The molecule has 1 aliphatic heterocycles. The van der Waals surface area contributed by atoms with E-state index in [1.165, 1.54) is 0 Å². The Hall–Kier alpha value is -0.220. The third-order valence-corrected chi connectivity index (χ3v) is 3.78. The molecular weight excluding hydrogens is 373 g/mol. The van der Waals surface area contributed by atoms with Crippen molar-refractivity contribution in [1.82, 2.24) is 14.7 Å². The van der Waals surface area contributed by atoms with Crippen LogP contribution in [0.2, 0.25) is 0 Å². The summed E-state index contributed by atoms with van der Waals surface area (Å²) in [6.45, 7) is 6.48. The molecule has 1 aliphatic rings. The summed E-state index contributed by atoms with van der Waals surface area (Å²) in [6.07, 6.45) is 2.12. The number of aromatic nitrogens is 2. The van der Waals surface area contributed by atoms with Gasteiger partial charge in [0.25, 0.3) is 0 Å². The van der Waals surface area contributed by atoms with E-state index < -0.39 is 0 Å². The fourth-order valence-electron chi connectivity index (χ4n) is 2.18. The highest BCUT2D eigenvalue weighted by atomic mass is 127. The Morgan fingerprint density at radius 2 is 2.15 bits per heavy atom. The van der Waals surface area contributed by atoms with E-state index in [1.54, 1.807) is 7.11 Å². The maximum atomic E-state index is 5.93. The third-order valence-electron chi connectivity index (χ3n) is 3.21. The quantitative estimate of drug-likeness (QED) is 0.483. The first-order valence-corrected chi connectivity index (χ1v) is 7.95. The maximum Gasteiger partial charge on any atom is 0.123 e. The van der Waals surface area contributed by atoms with Crippen molar-refractivity contribution in [3.05, 3.63) is 16.0 Å². The summed E-state index contributed by atoms with van der Waals surface area (Å²) in [6, 6.07) is 2.00. The SMILES string of the molecule is COCCOC(CN1CCOCC1)Cn1ccc(I)n1. The number of halogens is 1. The largest absolute Gasteiger partial charge is 0.382 e. The van der Waals surface area contributed by atoms with Crippen LogP contribution in [-0.4, -0.2) is 74.0 Å². The zero-order chi connectivity index (χ0) is 14.2. The smallest absolute Gasteiger partial charge is 0.123 e. The molecule has 1 unspecified atom stereocenters. The second-order valence-electron chi connectivity index (χ2n) is 4.76. The number of methoxy groups -OCH3 is 1. The van der Waals surface area contributed by atoms with E-state index in [0.717, 1.165) is 43.1 Å². The average molecular weight is 395 g/mol. The van der Waals surface area contributed by atoms with Gasteiger partial charge in [-0.05, 0) is 28.7 Å². The zero-order valence-electron chi connectivity index (χ0n) is 11.8. The minimum Gasteiger partial charge on any atom is -0.382 e. The van der Waals surface area contributed by atoms with Crippen molar-refractivity contribution in [3.8, 4) is 0 Å². The van der Waals surface area contributed by atoms with Gasteiger partial charge in [0, 0.05) is 32.9 Å². The first-order valence-electron chi connectivity index (χ1n) is 6.87. The van der Waals surface area contributed by atoms with Gasteiger partial charge in [0.1, 0.15) is 3.70 Å². The highest BCUT2D eigenvalue weighted by molar-refractivity contribution is 14.1. The number of hydrogen-bond donors (Lipinski definition) is 0. The summed E-state index contributed by atoms with van der Waals surface area (Å²) in [5, 5.41) is 4.42. The van der Waals surface area contributed by atoms with Gasteiger partial charge in [-0.15, -0.1) is 0 Å². The van der Waals surface area contributed by atoms with Crippen LogP contribution in [0, 0.1) is 3.70 Å². The van der Waals surface area contributed by atoms with Crippen LogP contribution in [0.4, 0.5) is 0 Å². The number of ether oxygens (including phenoxy) is 3. The first-order chi connectivity index (χ1) is 9.78. The molecule has 7 heteroatoms. The molecule has 20 heavy (non-hydrogen) atoms. The van der Waals surface area contributed by atoms with Gasteiger partial charge >= 0.3 is 0 Å². The summed E-state index contributed by atoms with van der Waals surface area (Å²) in [7, 11) is 1.69. The first kappa shape index (κ1) is 16.2. The van der Waals surface area contributed by atoms with Gasteiger partial charge in [-0.1, -0.05) is 0 Å². The lowest BCUT2D eigenvalue weighted by atomic mass is 10.3. The van der Waals surface area contributed by atoms with E-state index in [1.807, 2.05) is 16.9 Å². The van der Waals surface area contributed by atoms with E-state index in [0.29, 0.717) is 13.2 Å². The Morgan fingerprint density at radius 3 is 2.80 bits per heavy atom. The van der Waals surface area contributed by atoms with Gasteiger partial charge in [0.2, 0.25) is 0 Å². The lowest BCUT2D eigenvalue weighted by Gasteiger charge is -2.30. The van der Waals surface area contributed by atoms with E-state index in [-0.39, 0.29) is 6.10 Å². The molecule has 6 nitrogen and oxygen atoms in total. The van der Waals surface area contributed by atoms with Crippen molar-refractivity contribution < 1.29 is 14.2 Å². The highest BCUT2D eigenvalue weighted by Crippen LogP contribution is 2.06. The molecule has 1 atom stereocenters.